The number of hydrogen-bond acceptors (Lipinski definition) is 6. The molecule has 1 amide bonds. The van der Waals surface area contributed by atoms with Gasteiger partial charge in [-0.2, -0.15) is 0 Å². The predicted molar refractivity (Wildman–Crippen MR) is 120 cm³/mol. The molecule has 3 rings (SSSR count). The number of methoxy groups -OCH3 is 3. The molecule has 0 saturated carbocycles. The summed E-state index contributed by atoms with van der Waals surface area (Å²) in [6.45, 7) is -0.184. The van der Waals surface area contributed by atoms with E-state index in [1.54, 1.807) is 56.7 Å². The fourth-order valence-electron chi connectivity index (χ4n) is 2.92. The molecular weight excluding hydrogens is 472 g/mol. The average Bonchev–Trinajstić information content (AvgIpc) is 2.97. The van der Waals surface area contributed by atoms with Crippen LogP contribution in [0.15, 0.2) is 52.6 Å². The van der Waals surface area contributed by atoms with E-state index < -0.39 is 5.97 Å². The summed E-state index contributed by atoms with van der Waals surface area (Å²) < 4.78 is 15.9. The van der Waals surface area contributed by atoms with Gasteiger partial charge in [0.05, 0.1) is 31.5 Å². The number of nitrogens with zero attached hydrogens (tertiary/aromatic N) is 2. The number of benzene rings is 2. The largest absolute Gasteiger partial charge is 0.497 e. The van der Waals surface area contributed by atoms with Gasteiger partial charge in [-0.25, -0.2) is 0 Å². The van der Waals surface area contributed by atoms with Crippen LogP contribution in [0, 0.1) is 0 Å². The molecule has 0 N–H and O–H groups in total. The van der Waals surface area contributed by atoms with Crippen molar-refractivity contribution in [2.75, 3.05) is 32.8 Å². The zero-order valence-electron chi connectivity index (χ0n) is 16.5. The Morgan fingerprint density at radius 3 is 2.37 bits per heavy atom. The van der Waals surface area contributed by atoms with Gasteiger partial charge in [-0.15, -0.1) is 0 Å². The maximum absolute atomic E-state index is 13.3. The first kappa shape index (κ1) is 21.8. The molecule has 0 aliphatic carbocycles. The molecule has 0 radical (unpaired) electrons. The Kier molecular flexibility index (Phi) is 6.73. The van der Waals surface area contributed by atoms with Crippen molar-refractivity contribution >= 4 is 56.9 Å². The molecule has 2 aromatic rings. The van der Waals surface area contributed by atoms with Gasteiger partial charge < -0.3 is 19.1 Å². The van der Waals surface area contributed by atoms with Crippen LogP contribution in [0.1, 0.15) is 5.56 Å². The summed E-state index contributed by atoms with van der Waals surface area (Å²) in [7, 11) is 4.42. The molecular formula is C21H19BrN2O5S. The molecule has 1 heterocycles. The molecule has 156 valence electrons. The minimum absolute atomic E-state index is 0.184. The van der Waals surface area contributed by atoms with Crippen molar-refractivity contribution in [3.05, 3.63) is 58.2 Å². The van der Waals surface area contributed by atoms with E-state index in [0.717, 1.165) is 10.0 Å². The van der Waals surface area contributed by atoms with Crippen molar-refractivity contribution in [3.8, 4) is 11.5 Å². The maximum atomic E-state index is 13.3. The summed E-state index contributed by atoms with van der Waals surface area (Å²) >= 11 is 8.97. The summed E-state index contributed by atoms with van der Waals surface area (Å²) in [5.41, 5.74) is 1.57. The second-order valence-electron chi connectivity index (χ2n) is 6.21. The highest BCUT2D eigenvalue weighted by Gasteiger charge is 2.40. The van der Waals surface area contributed by atoms with Crippen molar-refractivity contribution in [3.63, 3.8) is 0 Å². The molecule has 0 unspecified atom stereocenters. The number of hydrogen-bond donors (Lipinski definition) is 0. The first-order chi connectivity index (χ1) is 14.4. The zero-order valence-corrected chi connectivity index (χ0v) is 19.0. The van der Waals surface area contributed by atoms with Crippen LogP contribution in [-0.4, -0.2) is 49.8 Å². The van der Waals surface area contributed by atoms with Crippen LogP contribution in [0.25, 0.3) is 6.08 Å². The number of halogens is 1. The van der Waals surface area contributed by atoms with Gasteiger partial charge in [-0.1, -0.05) is 6.07 Å². The van der Waals surface area contributed by atoms with Gasteiger partial charge in [-0.05, 0) is 76.2 Å². The van der Waals surface area contributed by atoms with Gasteiger partial charge in [0.1, 0.15) is 23.7 Å². The second-order valence-corrected chi connectivity index (χ2v) is 7.43. The Hall–Kier alpha value is -2.91. The van der Waals surface area contributed by atoms with E-state index in [0.29, 0.717) is 17.2 Å². The van der Waals surface area contributed by atoms with E-state index in [1.807, 2.05) is 6.07 Å². The zero-order chi connectivity index (χ0) is 21.8. The number of esters is 1. The molecule has 9 heteroatoms. The van der Waals surface area contributed by atoms with Crippen LogP contribution in [0.4, 0.5) is 5.69 Å². The number of ether oxygens (including phenoxy) is 3. The SMILES string of the molecule is COC(=O)CN1C(=S)N(c2ccc(OC)cc2)C(=O)/C1=C/c1ccc(OC)c(Br)c1. The average molecular weight is 491 g/mol. The minimum atomic E-state index is -0.511. The number of rotatable bonds is 6. The lowest BCUT2D eigenvalue weighted by molar-refractivity contribution is -0.140. The van der Waals surface area contributed by atoms with Crippen molar-refractivity contribution < 1.29 is 23.8 Å². The van der Waals surface area contributed by atoms with Crippen molar-refractivity contribution in [1.29, 1.82) is 0 Å². The molecule has 2 aromatic carbocycles. The fraction of sp³-hybridized carbons (Fsp3) is 0.190. The number of amides is 1. The van der Waals surface area contributed by atoms with Crippen LogP contribution in [0.2, 0.25) is 0 Å². The normalized spacial score (nSPS) is 15.0. The van der Waals surface area contributed by atoms with Gasteiger partial charge in [-0.3, -0.25) is 14.5 Å². The van der Waals surface area contributed by atoms with Crippen LogP contribution in [0.3, 0.4) is 0 Å². The highest BCUT2D eigenvalue weighted by molar-refractivity contribution is 9.10. The van der Waals surface area contributed by atoms with Crippen LogP contribution in [-0.2, 0) is 14.3 Å². The monoisotopic (exact) mass is 490 g/mol. The van der Waals surface area contributed by atoms with Gasteiger partial charge >= 0.3 is 5.97 Å². The van der Waals surface area contributed by atoms with E-state index in [2.05, 4.69) is 15.9 Å². The molecule has 0 bridgehead atoms. The van der Waals surface area contributed by atoms with Gasteiger partial charge in [0.2, 0.25) is 0 Å². The lowest BCUT2D eigenvalue weighted by atomic mass is 10.1. The van der Waals surface area contributed by atoms with Crippen LogP contribution >= 0.6 is 28.1 Å². The molecule has 1 aliphatic rings. The standard InChI is InChI=1S/C21H19BrN2O5S/c1-27-15-7-5-14(6-8-15)24-20(26)17(23(21(24)30)12-19(25)29-3)11-13-4-9-18(28-2)16(22)10-13/h4-11H,12H2,1-3H3/b17-11-. The lowest BCUT2D eigenvalue weighted by Crippen LogP contribution is -2.35. The highest BCUT2D eigenvalue weighted by atomic mass is 79.9. The third kappa shape index (κ3) is 4.31. The molecule has 30 heavy (non-hydrogen) atoms. The Morgan fingerprint density at radius 2 is 1.80 bits per heavy atom. The number of anilines is 1. The molecule has 1 saturated heterocycles. The van der Waals surface area contributed by atoms with Crippen molar-refractivity contribution in [1.82, 2.24) is 4.90 Å². The number of thiocarbonyl (C=S) groups is 1. The van der Waals surface area contributed by atoms with Gasteiger partial charge in [0, 0.05) is 0 Å². The van der Waals surface area contributed by atoms with E-state index in [9.17, 15) is 9.59 Å². The number of carbonyl (C=O) groups is 2. The topological polar surface area (TPSA) is 68.3 Å². The summed E-state index contributed by atoms with van der Waals surface area (Å²) in [6.07, 6.45) is 1.67. The summed E-state index contributed by atoms with van der Waals surface area (Å²) in [5, 5.41) is 0.189. The third-order valence-electron chi connectivity index (χ3n) is 4.46. The Bertz CT molecular complexity index is 1020. The predicted octanol–water partition coefficient (Wildman–Crippen LogP) is 3.61. The number of carbonyl (C=O) groups excluding carboxylic acids is 2. The summed E-state index contributed by atoms with van der Waals surface area (Å²) in [4.78, 5) is 28.1. The first-order valence-corrected chi connectivity index (χ1v) is 10.0. The van der Waals surface area contributed by atoms with Crippen LogP contribution in [0.5, 0.6) is 11.5 Å². The molecule has 0 atom stereocenters. The summed E-state index contributed by atoms with van der Waals surface area (Å²) in [6, 6.07) is 12.3. The van der Waals surface area contributed by atoms with E-state index >= 15 is 0 Å². The molecule has 0 spiro atoms. The molecule has 7 nitrogen and oxygen atoms in total. The van der Waals surface area contributed by atoms with E-state index in [4.69, 9.17) is 26.4 Å². The second kappa shape index (κ2) is 9.27. The summed E-state index contributed by atoms with van der Waals surface area (Å²) in [5.74, 6) is 0.461. The lowest BCUT2D eigenvalue weighted by Gasteiger charge is -2.19. The Labute approximate surface area is 187 Å². The smallest absolute Gasteiger partial charge is 0.325 e. The maximum Gasteiger partial charge on any atom is 0.325 e. The minimum Gasteiger partial charge on any atom is -0.497 e. The van der Waals surface area contributed by atoms with E-state index in [-0.39, 0.29) is 23.3 Å². The van der Waals surface area contributed by atoms with Crippen molar-refractivity contribution in [2.24, 2.45) is 0 Å². The Morgan fingerprint density at radius 1 is 1.10 bits per heavy atom. The van der Waals surface area contributed by atoms with Crippen LogP contribution < -0.4 is 14.4 Å². The third-order valence-corrected chi connectivity index (χ3v) is 5.48. The quantitative estimate of drug-likeness (QED) is 0.348. The molecule has 1 aliphatic heterocycles. The van der Waals surface area contributed by atoms with E-state index in [1.165, 1.54) is 16.9 Å². The fourth-order valence-corrected chi connectivity index (χ4v) is 3.83. The van der Waals surface area contributed by atoms with Crippen molar-refractivity contribution in [2.45, 2.75) is 0 Å². The van der Waals surface area contributed by atoms with Gasteiger partial charge in [0.25, 0.3) is 5.91 Å². The molecule has 1 fully saturated rings. The first-order valence-electron chi connectivity index (χ1n) is 8.81. The van der Waals surface area contributed by atoms with Gasteiger partial charge in [0.15, 0.2) is 5.11 Å². The highest BCUT2D eigenvalue weighted by Crippen LogP contribution is 2.32. The molecule has 0 aromatic heterocycles. The Balaban J connectivity index is 2.03.